The van der Waals surface area contributed by atoms with Crippen LogP contribution in [0, 0.1) is 0 Å². The lowest BCUT2D eigenvalue weighted by atomic mass is 9.95. The predicted octanol–water partition coefficient (Wildman–Crippen LogP) is 3.60. The molecule has 0 unspecified atom stereocenters. The van der Waals surface area contributed by atoms with Crippen molar-refractivity contribution in [3.63, 3.8) is 0 Å². The maximum Gasteiger partial charge on any atom is 0.295 e. The van der Waals surface area contributed by atoms with Crippen molar-refractivity contribution in [1.29, 1.82) is 0 Å². The fraction of sp³-hybridized carbons (Fsp3) is 0.360. The van der Waals surface area contributed by atoms with Crippen LogP contribution in [0.5, 0.6) is 5.75 Å². The maximum atomic E-state index is 13.1. The number of methoxy groups -OCH3 is 1. The molecule has 0 radical (unpaired) electrons. The molecule has 2 aromatic rings. The van der Waals surface area contributed by atoms with Gasteiger partial charge < -0.3 is 19.5 Å². The van der Waals surface area contributed by atoms with Crippen LogP contribution in [-0.2, 0) is 14.3 Å². The van der Waals surface area contributed by atoms with Gasteiger partial charge >= 0.3 is 0 Å². The average molecular weight is 515 g/mol. The number of nitrogens with zero attached hydrogens (tertiary/aromatic N) is 2. The Hall–Kier alpha value is -2.68. The van der Waals surface area contributed by atoms with Gasteiger partial charge in [-0.25, -0.2) is 0 Å². The van der Waals surface area contributed by atoms with E-state index < -0.39 is 17.7 Å². The van der Waals surface area contributed by atoms with E-state index in [0.717, 1.165) is 29.7 Å². The second kappa shape index (κ2) is 10.5. The van der Waals surface area contributed by atoms with Gasteiger partial charge in [-0.2, -0.15) is 0 Å². The van der Waals surface area contributed by atoms with Gasteiger partial charge in [0.1, 0.15) is 11.5 Å². The van der Waals surface area contributed by atoms with Gasteiger partial charge in [0.05, 0.1) is 31.9 Å². The lowest BCUT2D eigenvalue weighted by Crippen LogP contribution is -2.38. The Bertz CT molecular complexity index is 1050. The highest BCUT2D eigenvalue weighted by Crippen LogP contribution is 2.40. The summed E-state index contributed by atoms with van der Waals surface area (Å²) in [6.45, 7) is 4.36. The number of morpholine rings is 1. The lowest BCUT2D eigenvalue weighted by molar-refractivity contribution is -0.140. The number of halogens is 1. The number of hydrogen-bond donors (Lipinski definition) is 1. The molecule has 2 saturated heterocycles. The smallest absolute Gasteiger partial charge is 0.295 e. The van der Waals surface area contributed by atoms with Crippen LogP contribution >= 0.6 is 15.9 Å². The molecule has 1 amide bonds. The van der Waals surface area contributed by atoms with Crippen molar-refractivity contribution >= 4 is 33.4 Å². The topological polar surface area (TPSA) is 79.3 Å². The van der Waals surface area contributed by atoms with E-state index in [1.54, 1.807) is 42.3 Å². The van der Waals surface area contributed by atoms with Crippen LogP contribution in [0.4, 0.5) is 0 Å². The summed E-state index contributed by atoms with van der Waals surface area (Å²) in [7, 11) is 1.57. The third-order valence-corrected chi connectivity index (χ3v) is 6.57. The summed E-state index contributed by atoms with van der Waals surface area (Å²) < 4.78 is 11.6. The van der Waals surface area contributed by atoms with Gasteiger partial charge in [-0.1, -0.05) is 40.2 Å². The van der Waals surface area contributed by atoms with Crippen LogP contribution in [0.25, 0.3) is 5.76 Å². The molecule has 1 N–H and O–H groups in total. The Kier molecular flexibility index (Phi) is 7.47. The summed E-state index contributed by atoms with van der Waals surface area (Å²) in [5.41, 5.74) is 1.30. The van der Waals surface area contributed by atoms with E-state index in [1.807, 2.05) is 18.2 Å². The van der Waals surface area contributed by atoms with Crippen LogP contribution in [0.3, 0.4) is 0 Å². The molecule has 4 rings (SSSR count). The van der Waals surface area contributed by atoms with Crippen LogP contribution < -0.4 is 4.74 Å². The Labute approximate surface area is 201 Å². The SMILES string of the molecule is COc1cccc([C@H]2C(=C(O)c3ccc(Br)cc3)C(=O)C(=O)N2CCCN2CCOCC2)c1. The molecule has 0 saturated carbocycles. The van der Waals surface area contributed by atoms with Crippen LogP contribution in [-0.4, -0.2) is 73.1 Å². The quantitative estimate of drug-likeness (QED) is 0.345. The molecular formula is C25H27BrN2O5. The van der Waals surface area contributed by atoms with E-state index in [1.165, 1.54) is 0 Å². The van der Waals surface area contributed by atoms with Crippen LogP contribution in [0.1, 0.15) is 23.6 Å². The fourth-order valence-corrected chi connectivity index (χ4v) is 4.59. The first-order valence-electron chi connectivity index (χ1n) is 11.0. The first-order chi connectivity index (χ1) is 16.0. The van der Waals surface area contributed by atoms with Crippen molar-refractivity contribution in [2.75, 3.05) is 46.5 Å². The molecule has 2 aliphatic rings. The zero-order chi connectivity index (χ0) is 23.4. The molecule has 2 fully saturated rings. The third kappa shape index (κ3) is 5.13. The van der Waals surface area contributed by atoms with Crippen molar-refractivity contribution in [2.24, 2.45) is 0 Å². The second-order valence-electron chi connectivity index (χ2n) is 8.08. The van der Waals surface area contributed by atoms with Gasteiger partial charge in [0.25, 0.3) is 11.7 Å². The third-order valence-electron chi connectivity index (χ3n) is 6.04. The largest absolute Gasteiger partial charge is 0.507 e. The first kappa shape index (κ1) is 23.5. The van der Waals surface area contributed by atoms with Gasteiger partial charge in [-0.05, 0) is 36.2 Å². The number of likely N-dealkylation sites (tertiary alicyclic amines) is 1. The van der Waals surface area contributed by atoms with E-state index in [0.29, 0.717) is 37.5 Å². The average Bonchev–Trinajstić information content (AvgIpc) is 3.10. The molecule has 2 aliphatic heterocycles. The molecule has 0 bridgehead atoms. The van der Waals surface area contributed by atoms with E-state index in [4.69, 9.17) is 9.47 Å². The monoisotopic (exact) mass is 514 g/mol. The minimum absolute atomic E-state index is 0.0990. The van der Waals surface area contributed by atoms with Gasteiger partial charge in [0.2, 0.25) is 0 Å². The molecule has 8 heteroatoms. The Morgan fingerprint density at radius 1 is 1.12 bits per heavy atom. The molecule has 33 heavy (non-hydrogen) atoms. The van der Waals surface area contributed by atoms with Gasteiger partial charge in [-0.3, -0.25) is 14.5 Å². The number of hydrogen-bond acceptors (Lipinski definition) is 6. The number of Topliss-reactive ketones (excluding diaryl/α,β-unsaturated/α-hetero) is 1. The Balaban J connectivity index is 1.68. The molecule has 174 valence electrons. The zero-order valence-electron chi connectivity index (χ0n) is 18.5. The summed E-state index contributed by atoms with van der Waals surface area (Å²) in [6, 6.07) is 13.6. The number of carbonyl (C=O) groups excluding carboxylic acids is 2. The van der Waals surface area contributed by atoms with E-state index in [-0.39, 0.29) is 11.3 Å². The highest BCUT2D eigenvalue weighted by atomic mass is 79.9. The highest BCUT2D eigenvalue weighted by Gasteiger charge is 2.45. The minimum atomic E-state index is -0.687. The summed E-state index contributed by atoms with van der Waals surface area (Å²) in [5.74, 6) is -0.822. The number of carbonyl (C=O) groups is 2. The molecule has 1 atom stereocenters. The highest BCUT2D eigenvalue weighted by molar-refractivity contribution is 9.10. The minimum Gasteiger partial charge on any atom is -0.507 e. The zero-order valence-corrected chi connectivity index (χ0v) is 20.1. The van der Waals surface area contributed by atoms with Crippen molar-refractivity contribution in [1.82, 2.24) is 9.80 Å². The number of ether oxygens (including phenoxy) is 2. The van der Waals surface area contributed by atoms with Crippen LogP contribution in [0.15, 0.2) is 58.6 Å². The van der Waals surface area contributed by atoms with Crippen molar-refractivity contribution in [3.8, 4) is 5.75 Å². The molecule has 0 spiro atoms. The normalized spacial score (nSPS) is 20.9. The summed E-state index contributed by atoms with van der Waals surface area (Å²) >= 11 is 3.38. The van der Waals surface area contributed by atoms with E-state index in [2.05, 4.69) is 20.8 Å². The molecule has 7 nitrogen and oxygen atoms in total. The Morgan fingerprint density at radius 2 is 1.85 bits per heavy atom. The standard InChI is InChI=1S/C25H27BrN2O5/c1-32-20-5-2-4-18(16-20)22-21(23(29)17-6-8-19(26)9-7-17)24(30)25(31)28(22)11-3-10-27-12-14-33-15-13-27/h2,4-9,16,22,29H,3,10-15H2,1H3/t22-/m0/s1. The molecule has 0 aliphatic carbocycles. The van der Waals surface area contributed by atoms with Crippen molar-refractivity contribution < 1.29 is 24.2 Å². The van der Waals surface area contributed by atoms with E-state index >= 15 is 0 Å². The van der Waals surface area contributed by atoms with Gasteiger partial charge in [-0.15, -0.1) is 0 Å². The number of rotatable bonds is 7. The number of benzene rings is 2. The second-order valence-corrected chi connectivity index (χ2v) is 9.00. The number of aliphatic hydroxyl groups is 1. The number of ketones is 1. The van der Waals surface area contributed by atoms with E-state index in [9.17, 15) is 14.7 Å². The first-order valence-corrected chi connectivity index (χ1v) is 11.8. The fourth-order valence-electron chi connectivity index (χ4n) is 4.32. The van der Waals surface area contributed by atoms with Crippen molar-refractivity contribution in [3.05, 3.63) is 69.7 Å². The molecular weight excluding hydrogens is 488 g/mol. The molecule has 2 heterocycles. The van der Waals surface area contributed by atoms with Crippen molar-refractivity contribution in [2.45, 2.75) is 12.5 Å². The van der Waals surface area contributed by atoms with Crippen LogP contribution in [0.2, 0.25) is 0 Å². The molecule has 0 aromatic heterocycles. The maximum absolute atomic E-state index is 13.1. The Morgan fingerprint density at radius 3 is 2.55 bits per heavy atom. The summed E-state index contributed by atoms with van der Waals surface area (Å²) in [4.78, 5) is 30.1. The van der Waals surface area contributed by atoms with Gasteiger partial charge in [0, 0.05) is 36.2 Å². The summed E-state index contributed by atoms with van der Waals surface area (Å²) in [5, 5.41) is 11.1. The number of aliphatic hydroxyl groups excluding tert-OH is 1. The summed E-state index contributed by atoms with van der Waals surface area (Å²) in [6.07, 6.45) is 0.714. The molecule has 2 aromatic carbocycles. The lowest BCUT2D eigenvalue weighted by Gasteiger charge is -2.29. The predicted molar refractivity (Wildman–Crippen MR) is 128 cm³/mol. The number of amides is 1. The van der Waals surface area contributed by atoms with Gasteiger partial charge in [0.15, 0.2) is 0 Å².